The Morgan fingerprint density at radius 2 is 2.17 bits per heavy atom. The summed E-state index contributed by atoms with van der Waals surface area (Å²) < 4.78 is 0. The summed E-state index contributed by atoms with van der Waals surface area (Å²) in [6.07, 6.45) is 5.83. The molecule has 12 heavy (non-hydrogen) atoms. The molecular formula is C10H16N2. The molecule has 2 nitrogen and oxygen atoms in total. The number of allylic oxidation sites excluding steroid dienone is 2. The second kappa shape index (κ2) is 3.13. The van der Waals surface area contributed by atoms with Crippen molar-refractivity contribution in [3.63, 3.8) is 0 Å². The summed E-state index contributed by atoms with van der Waals surface area (Å²) in [6, 6.07) is 0. The lowest BCUT2D eigenvalue weighted by molar-refractivity contribution is 0.643. The van der Waals surface area contributed by atoms with Crippen molar-refractivity contribution < 1.29 is 0 Å². The van der Waals surface area contributed by atoms with Gasteiger partial charge in [-0.3, -0.25) is 0 Å². The van der Waals surface area contributed by atoms with E-state index in [0.717, 1.165) is 5.69 Å². The Balaban J connectivity index is 2.94. The van der Waals surface area contributed by atoms with Gasteiger partial charge in [-0.2, -0.15) is 0 Å². The number of nitrogens with zero attached hydrogens (tertiary/aromatic N) is 1. The summed E-state index contributed by atoms with van der Waals surface area (Å²) in [5.41, 5.74) is 2.55. The molecule has 0 fully saturated rings. The van der Waals surface area contributed by atoms with Gasteiger partial charge in [0.1, 0.15) is 0 Å². The largest absolute Gasteiger partial charge is 0.348 e. The molecule has 0 saturated carbocycles. The van der Waals surface area contributed by atoms with E-state index in [0.29, 0.717) is 0 Å². The van der Waals surface area contributed by atoms with E-state index in [1.165, 1.54) is 5.57 Å². The van der Waals surface area contributed by atoms with Crippen LogP contribution in [0.2, 0.25) is 0 Å². The lowest BCUT2D eigenvalue weighted by atomic mass is 9.88. The van der Waals surface area contributed by atoms with Gasteiger partial charge >= 0.3 is 0 Å². The lowest BCUT2D eigenvalue weighted by Crippen LogP contribution is -2.14. The molecule has 0 amide bonds. The number of aromatic amines is 1. The van der Waals surface area contributed by atoms with Crippen molar-refractivity contribution in [2.45, 2.75) is 33.1 Å². The smallest absolute Gasteiger partial charge is 0.0922 e. The quantitative estimate of drug-likeness (QED) is 0.669. The van der Waals surface area contributed by atoms with Gasteiger partial charge < -0.3 is 4.98 Å². The molecule has 66 valence electrons. The second-order valence-electron chi connectivity index (χ2n) is 3.91. The normalized spacial score (nSPS) is 11.3. The molecule has 0 bridgehead atoms. The minimum Gasteiger partial charge on any atom is -0.348 e. The van der Waals surface area contributed by atoms with Gasteiger partial charge in [0.15, 0.2) is 0 Å². The third-order valence-electron chi connectivity index (χ3n) is 1.84. The van der Waals surface area contributed by atoms with Crippen molar-refractivity contribution in [1.82, 2.24) is 9.97 Å². The highest BCUT2D eigenvalue weighted by Gasteiger charge is 2.18. The van der Waals surface area contributed by atoms with Crippen LogP contribution in [0.15, 0.2) is 24.2 Å². The zero-order chi connectivity index (χ0) is 9.19. The molecule has 1 aromatic heterocycles. The van der Waals surface area contributed by atoms with E-state index in [2.05, 4.69) is 43.7 Å². The van der Waals surface area contributed by atoms with E-state index in [4.69, 9.17) is 0 Å². The van der Waals surface area contributed by atoms with Crippen molar-refractivity contribution in [2.75, 3.05) is 0 Å². The van der Waals surface area contributed by atoms with Gasteiger partial charge in [0, 0.05) is 17.3 Å². The molecule has 0 aromatic carbocycles. The first kappa shape index (κ1) is 9.04. The first-order chi connectivity index (χ1) is 5.52. The van der Waals surface area contributed by atoms with Crippen molar-refractivity contribution in [3.05, 3.63) is 29.9 Å². The molecule has 0 atom stereocenters. The molecule has 1 N–H and O–H groups in total. The Kier molecular flexibility index (Phi) is 2.36. The van der Waals surface area contributed by atoms with Gasteiger partial charge in [0.05, 0.1) is 6.33 Å². The molecule has 1 heterocycles. The van der Waals surface area contributed by atoms with Gasteiger partial charge in [-0.25, -0.2) is 4.98 Å². The highest BCUT2D eigenvalue weighted by Crippen LogP contribution is 2.23. The summed E-state index contributed by atoms with van der Waals surface area (Å²) in [4.78, 5) is 7.14. The van der Waals surface area contributed by atoms with E-state index in [-0.39, 0.29) is 5.41 Å². The Bertz CT molecular complexity index is 264. The number of imidazole rings is 1. The predicted octanol–water partition coefficient (Wildman–Crippen LogP) is 2.65. The van der Waals surface area contributed by atoms with Crippen LogP contribution in [0.5, 0.6) is 0 Å². The molecule has 0 radical (unpaired) electrons. The average molecular weight is 164 g/mol. The molecule has 0 saturated heterocycles. The van der Waals surface area contributed by atoms with Crippen molar-refractivity contribution in [3.8, 4) is 0 Å². The fourth-order valence-electron chi connectivity index (χ4n) is 1.41. The second-order valence-corrected chi connectivity index (χ2v) is 3.91. The van der Waals surface area contributed by atoms with Gasteiger partial charge in [0.2, 0.25) is 0 Å². The fourth-order valence-corrected chi connectivity index (χ4v) is 1.41. The Morgan fingerprint density at radius 3 is 2.58 bits per heavy atom. The number of hydrogen-bond acceptors (Lipinski definition) is 1. The average Bonchev–Trinajstić information content (AvgIpc) is 2.32. The third-order valence-corrected chi connectivity index (χ3v) is 1.84. The van der Waals surface area contributed by atoms with Crippen LogP contribution in [0.3, 0.4) is 0 Å². The summed E-state index contributed by atoms with van der Waals surface area (Å²) in [6.45, 7) is 8.57. The zero-order valence-corrected chi connectivity index (χ0v) is 8.18. The number of hydrogen-bond donors (Lipinski definition) is 1. The predicted molar refractivity (Wildman–Crippen MR) is 51.0 cm³/mol. The first-order valence-corrected chi connectivity index (χ1v) is 4.17. The Hall–Kier alpha value is -1.05. The van der Waals surface area contributed by atoms with E-state index < -0.39 is 0 Å². The highest BCUT2D eigenvalue weighted by molar-refractivity contribution is 5.21. The van der Waals surface area contributed by atoms with Crippen LogP contribution in [-0.4, -0.2) is 9.97 Å². The monoisotopic (exact) mass is 164 g/mol. The van der Waals surface area contributed by atoms with Gasteiger partial charge in [-0.1, -0.05) is 25.5 Å². The maximum Gasteiger partial charge on any atom is 0.0922 e. The lowest BCUT2D eigenvalue weighted by Gasteiger charge is -2.18. The number of nitrogens with one attached hydrogen (secondary N) is 1. The van der Waals surface area contributed by atoms with Crippen molar-refractivity contribution in [1.29, 1.82) is 0 Å². The standard InChI is InChI=1S/C10H16N2/c1-8(2)5-10(3,4)9-6-11-7-12-9/h5-7H,1-4H3,(H,11,12). The van der Waals surface area contributed by atoms with Crippen LogP contribution in [-0.2, 0) is 5.41 Å². The molecule has 0 aliphatic rings. The van der Waals surface area contributed by atoms with E-state index in [1.54, 1.807) is 6.33 Å². The number of aromatic nitrogens is 2. The molecule has 1 rings (SSSR count). The Labute approximate surface area is 73.7 Å². The summed E-state index contributed by atoms with van der Waals surface area (Å²) in [5.74, 6) is 0. The molecule has 0 unspecified atom stereocenters. The molecule has 0 aliphatic carbocycles. The van der Waals surface area contributed by atoms with Crippen LogP contribution < -0.4 is 0 Å². The van der Waals surface area contributed by atoms with Crippen LogP contribution in [0.25, 0.3) is 0 Å². The van der Waals surface area contributed by atoms with Crippen LogP contribution >= 0.6 is 0 Å². The van der Waals surface area contributed by atoms with E-state index in [9.17, 15) is 0 Å². The summed E-state index contributed by atoms with van der Waals surface area (Å²) >= 11 is 0. The number of H-pyrrole nitrogens is 1. The SMILES string of the molecule is CC(C)=CC(C)(C)c1cnc[nH]1. The summed E-state index contributed by atoms with van der Waals surface area (Å²) in [7, 11) is 0. The molecule has 2 heteroatoms. The maximum absolute atomic E-state index is 4.01. The minimum atomic E-state index is 0.0648. The van der Waals surface area contributed by atoms with Crippen LogP contribution in [0, 0.1) is 0 Å². The van der Waals surface area contributed by atoms with Gasteiger partial charge in [-0.15, -0.1) is 0 Å². The first-order valence-electron chi connectivity index (χ1n) is 4.17. The molecule has 0 spiro atoms. The van der Waals surface area contributed by atoms with Gasteiger partial charge in [-0.05, 0) is 13.8 Å². The zero-order valence-electron chi connectivity index (χ0n) is 8.18. The molecular weight excluding hydrogens is 148 g/mol. The van der Waals surface area contributed by atoms with Crippen molar-refractivity contribution >= 4 is 0 Å². The summed E-state index contributed by atoms with van der Waals surface area (Å²) in [5, 5.41) is 0. The highest BCUT2D eigenvalue weighted by atomic mass is 14.9. The third kappa shape index (κ3) is 1.97. The van der Waals surface area contributed by atoms with Crippen LogP contribution in [0.4, 0.5) is 0 Å². The van der Waals surface area contributed by atoms with Crippen molar-refractivity contribution in [2.24, 2.45) is 0 Å². The van der Waals surface area contributed by atoms with Gasteiger partial charge in [0.25, 0.3) is 0 Å². The molecule has 0 aliphatic heterocycles. The molecule has 1 aromatic rings. The van der Waals surface area contributed by atoms with E-state index in [1.807, 2.05) is 6.20 Å². The maximum atomic E-state index is 4.01. The Morgan fingerprint density at radius 1 is 1.50 bits per heavy atom. The topological polar surface area (TPSA) is 28.7 Å². The number of rotatable bonds is 2. The fraction of sp³-hybridized carbons (Fsp3) is 0.500. The van der Waals surface area contributed by atoms with E-state index >= 15 is 0 Å². The minimum absolute atomic E-state index is 0.0648. The van der Waals surface area contributed by atoms with Crippen LogP contribution in [0.1, 0.15) is 33.4 Å².